The quantitative estimate of drug-likeness (QED) is 0.504. The van der Waals surface area contributed by atoms with E-state index in [2.05, 4.69) is 61.2 Å². The van der Waals surface area contributed by atoms with Gasteiger partial charge in [-0.1, -0.05) is 41.9 Å². The SMILES string of the molecule is CCOc1cccc2c1NC(C)(C)c1sn(-c3ccc(C)c(C)c3)c(=S)c1-2. The topological polar surface area (TPSA) is 26.2 Å². The Morgan fingerprint density at radius 2 is 1.93 bits per heavy atom. The minimum atomic E-state index is -0.223. The number of hydrogen-bond donors (Lipinski definition) is 1. The molecule has 0 fully saturated rings. The second kappa shape index (κ2) is 6.50. The number of nitrogens with zero attached hydrogens (tertiary/aromatic N) is 1. The lowest BCUT2D eigenvalue weighted by Crippen LogP contribution is -2.30. The lowest BCUT2D eigenvalue weighted by Gasteiger charge is -2.34. The molecular weight excluding hydrogens is 372 g/mol. The zero-order valence-electron chi connectivity index (χ0n) is 16.3. The van der Waals surface area contributed by atoms with Crippen molar-refractivity contribution in [3.05, 3.63) is 57.0 Å². The van der Waals surface area contributed by atoms with Gasteiger partial charge in [0, 0.05) is 11.1 Å². The average Bonchev–Trinajstić information content (AvgIpc) is 2.97. The van der Waals surface area contributed by atoms with Crippen LogP contribution in [0.5, 0.6) is 5.75 Å². The van der Waals surface area contributed by atoms with E-state index in [1.54, 1.807) is 11.5 Å². The molecule has 1 aliphatic rings. The van der Waals surface area contributed by atoms with Crippen LogP contribution < -0.4 is 10.1 Å². The average molecular weight is 397 g/mol. The maximum atomic E-state index is 5.96. The van der Waals surface area contributed by atoms with Crippen molar-refractivity contribution in [3.63, 3.8) is 0 Å². The fourth-order valence-corrected chi connectivity index (χ4v) is 5.22. The Morgan fingerprint density at radius 1 is 1.15 bits per heavy atom. The second-order valence-electron chi connectivity index (χ2n) is 7.53. The molecule has 140 valence electrons. The molecular formula is C22H24N2OS2. The number of fused-ring (bicyclic) bond motifs is 3. The van der Waals surface area contributed by atoms with Crippen molar-refractivity contribution < 1.29 is 4.74 Å². The minimum Gasteiger partial charge on any atom is -0.492 e. The first-order chi connectivity index (χ1) is 12.8. The Morgan fingerprint density at radius 3 is 2.63 bits per heavy atom. The smallest absolute Gasteiger partial charge is 0.143 e. The molecule has 0 saturated carbocycles. The molecule has 5 heteroatoms. The van der Waals surface area contributed by atoms with Gasteiger partial charge in [0.05, 0.1) is 28.4 Å². The number of para-hydroxylation sites is 1. The van der Waals surface area contributed by atoms with Crippen molar-refractivity contribution >= 4 is 29.4 Å². The highest BCUT2D eigenvalue weighted by molar-refractivity contribution is 7.71. The summed E-state index contributed by atoms with van der Waals surface area (Å²) in [6.07, 6.45) is 0. The summed E-state index contributed by atoms with van der Waals surface area (Å²) in [6, 6.07) is 12.7. The van der Waals surface area contributed by atoms with Gasteiger partial charge in [-0.2, -0.15) is 0 Å². The van der Waals surface area contributed by atoms with Crippen LogP contribution in [0.25, 0.3) is 16.8 Å². The van der Waals surface area contributed by atoms with Crippen LogP contribution in [0.15, 0.2) is 36.4 Å². The monoisotopic (exact) mass is 396 g/mol. The molecule has 0 saturated heterocycles. The van der Waals surface area contributed by atoms with Gasteiger partial charge in [-0.15, -0.1) is 0 Å². The van der Waals surface area contributed by atoms with E-state index >= 15 is 0 Å². The molecule has 1 N–H and O–H groups in total. The van der Waals surface area contributed by atoms with Crippen molar-refractivity contribution in [1.82, 2.24) is 3.96 Å². The maximum Gasteiger partial charge on any atom is 0.143 e. The molecule has 0 radical (unpaired) electrons. The van der Waals surface area contributed by atoms with Gasteiger partial charge in [0.1, 0.15) is 10.4 Å². The summed E-state index contributed by atoms with van der Waals surface area (Å²) < 4.78 is 8.92. The van der Waals surface area contributed by atoms with Crippen LogP contribution in [0.2, 0.25) is 0 Å². The number of benzene rings is 2. The van der Waals surface area contributed by atoms with Crippen molar-refractivity contribution in [1.29, 1.82) is 0 Å². The van der Waals surface area contributed by atoms with Crippen LogP contribution in [0, 0.1) is 18.5 Å². The van der Waals surface area contributed by atoms with Crippen molar-refractivity contribution in [2.45, 2.75) is 40.2 Å². The van der Waals surface area contributed by atoms with Gasteiger partial charge in [-0.05, 0) is 63.9 Å². The summed E-state index contributed by atoms with van der Waals surface area (Å²) in [5.41, 5.74) is 6.78. The van der Waals surface area contributed by atoms with Crippen LogP contribution in [0.1, 0.15) is 36.8 Å². The Hall–Kier alpha value is -2.11. The zero-order chi connectivity index (χ0) is 19.3. The standard InChI is InChI=1S/C22H24N2OS2/c1-6-25-17-9-7-8-16-18-20(22(4,5)23-19(16)17)27-24(21(18)26)15-11-10-13(2)14(3)12-15/h7-12,23H,6H2,1-5H3. The molecule has 3 aromatic rings. The summed E-state index contributed by atoms with van der Waals surface area (Å²) in [5.74, 6) is 0.882. The van der Waals surface area contributed by atoms with E-state index in [4.69, 9.17) is 17.0 Å². The summed E-state index contributed by atoms with van der Waals surface area (Å²) in [5, 5.41) is 3.68. The predicted molar refractivity (Wildman–Crippen MR) is 117 cm³/mol. The molecule has 0 spiro atoms. The van der Waals surface area contributed by atoms with Crippen molar-refractivity contribution in [2.75, 3.05) is 11.9 Å². The van der Waals surface area contributed by atoms with E-state index in [-0.39, 0.29) is 5.54 Å². The molecule has 1 aliphatic heterocycles. The van der Waals surface area contributed by atoms with E-state index in [0.29, 0.717) is 6.61 Å². The first-order valence-corrected chi connectivity index (χ1v) is 10.4. The minimum absolute atomic E-state index is 0.223. The predicted octanol–water partition coefficient (Wildman–Crippen LogP) is 6.61. The highest BCUT2D eigenvalue weighted by Gasteiger charge is 2.36. The largest absolute Gasteiger partial charge is 0.492 e. The molecule has 0 bridgehead atoms. The zero-order valence-corrected chi connectivity index (χ0v) is 18.0. The first-order valence-electron chi connectivity index (χ1n) is 9.22. The van der Waals surface area contributed by atoms with Gasteiger partial charge < -0.3 is 10.1 Å². The first kappa shape index (κ1) is 18.3. The van der Waals surface area contributed by atoms with Gasteiger partial charge in [0.2, 0.25) is 0 Å². The molecule has 27 heavy (non-hydrogen) atoms. The van der Waals surface area contributed by atoms with Gasteiger partial charge in [-0.25, -0.2) is 0 Å². The second-order valence-corrected chi connectivity index (χ2v) is 8.87. The highest BCUT2D eigenvalue weighted by Crippen LogP contribution is 2.50. The van der Waals surface area contributed by atoms with E-state index in [0.717, 1.165) is 32.9 Å². The number of aryl methyl sites for hydroxylation is 2. The van der Waals surface area contributed by atoms with Gasteiger partial charge in [-0.3, -0.25) is 3.96 Å². The summed E-state index contributed by atoms with van der Waals surface area (Å²) >= 11 is 7.69. The van der Waals surface area contributed by atoms with E-state index in [9.17, 15) is 0 Å². The molecule has 4 rings (SSSR count). The van der Waals surface area contributed by atoms with Gasteiger partial charge in [0.25, 0.3) is 0 Å². The van der Waals surface area contributed by atoms with E-state index in [1.807, 2.05) is 19.1 Å². The molecule has 2 aromatic carbocycles. The normalized spacial score (nSPS) is 14.3. The van der Waals surface area contributed by atoms with Crippen molar-refractivity contribution in [2.24, 2.45) is 0 Å². The third-order valence-electron chi connectivity index (χ3n) is 5.13. The summed E-state index contributed by atoms with van der Waals surface area (Å²) in [6.45, 7) is 11.3. The molecule has 3 nitrogen and oxygen atoms in total. The Balaban J connectivity index is 1.98. The Labute approximate surface area is 169 Å². The Bertz CT molecular complexity index is 1090. The highest BCUT2D eigenvalue weighted by atomic mass is 32.1. The third-order valence-corrected chi connectivity index (χ3v) is 7.11. The number of anilines is 1. The summed E-state index contributed by atoms with van der Waals surface area (Å²) in [4.78, 5) is 1.26. The van der Waals surface area contributed by atoms with Crippen LogP contribution in [0.3, 0.4) is 0 Å². The van der Waals surface area contributed by atoms with Crippen LogP contribution in [-0.4, -0.2) is 10.6 Å². The molecule has 0 atom stereocenters. The molecule has 0 amide bonds. The summed E-state index contributed by atoms with van der Waals surface area (Å²) in [7, 11) is 0. The molecule has 0 aliphatic carbocycles. The third kappa shape index (κ3) is 2.89. The number of nitrogens with one attached hydrogen (secondary N) is 1. The number of rotatable bonds is 3. The van der Waals surface area contributed by atoms with Crippen LogP contribution in [0.4, 0.5) is 5.69 Å². The fraction of sp³-hybridized carbons (Fsp3) is 0.318. The maximum absolute atomic E-state index is 5.96. The lowest BCUT2D eigenvalue weighted by molar-refractivity contribution is 0.341. The fourth-order valence-electron chi connectivity index (χ4n) is 3.58. The lowest BCUT2D eigenvalue weighted by atomic mass is 9.89. The van der Waals surface area contributed by atoms with E-state index in [1.165, 1.54) is 16.0 Å². The molecule has 2 heterocycles. The molecule has 1 aromatic heterocycles. The van der Waals surface area contributed by atoms with Gasteiger partial charge in [0.15, 0.2) is 0 Å². The number of hydrogen-bond acceptors (Lipinski definition) is 4. The van der Waals surface area contributed by atoms with Crippen LogP contribution in [-0.2, 0) is 5.54 Å². The van der Waals surface area contributed by atoms with Crippen LogP contribution >= 0.6 is 23.8 Å². The van der Waals surface area contributed by atoms with Gasteiger partial charge >= 0.3 is 0 Å². The molecule has 0 unspecified atom stereocenters. The Kier molecular flexibility index (Phi) is 4.40. The number of ether oxygens (including phenoxy) is 1. The number of aromatic nitrogens is 1. The van der Waals surface area contributed by atoms with Crippen molar-refractivity contribution in [3.8, 4) is 22.6 Å². The van der Waals surface area contributed by atoms with E-state index < -0.39 is 0 Å².